The third-order valence-corrected chi connectivity index (χ3v) is 4.59. The molecule has 2 heterocycles. The third-order valence-electron chi connectivity index (χ3n) is 4.59. The fourth-order valence-corrected chi connectivity index (χ4v) is 3.14. The van der Waals surface area contributed by atoms with Crippen LogP contribution in [0.15, 0.2) is 34.9 Å². The molecule has 1 saturated heterocycles. The van der Waals surface area contributed by atoms with Gasteiger partial charge >= 0.3 is 0 Å². The molecule has 0 bridgehead atoms. The summed E-state index contributed by atoms with van der Waals surface area (Å²) in [5.74, 6) is -0.0713. The molecule has 2 amide bonds. The van der Waals surface area contributed by atoms with E-state index in [1.54, 1.807) is 24.0 Å². The number of carbonyl (C=O) groups excluding carboxylic acids is 2. The zero-order valence-corrected chi connectivity index (χ0v) is 16.1. The van der Waals surface area contributed by atoms with E-state index in [9.17, 15) is 19.7 Å². The number of nitrogens with zero attached hydrogens (tertiary/aromatic N) is 3. The topological polar surface area (TPSA) is 115 Å². The van der Waals surface area contributed by atoms with E-state index in [1.165, 1.54) is 30.4 Å². The van der Waals surface area contributed by atoms with Crippen LogP contribution in [-0.4, -0.2) is 66.4 Å². The van der Waals surface area contributed by atoms with Crippen LogP contribution >= 0.6 is 0 Å². The van der Waals surface area contributed by atoms with Gasteiger partial charge in [-0.05, 0) is 19.1 Å². The number of hydrogen-bond donors (Lipinski definition) is 0. The molecule has 0 N–H and O–H groups in total. The lowest BCUT2D eigenvalue weighted by Gasteiger charge is -2.34. The highest BCUT2D eigenvalue weighted by molar-refractivity contribution is 5.99. The second-order valence-electron chi connectivity index (χ2n) is 6.27. The third kappa shape index (κ3) is 4.15. The first-order chi connectivity index (χ1) is 14.0. The Labute approximate surface area is 166 Å². The molecule has 3 rings (SSSR count). The first-order valence-electron chi connectivity index (χ1n) is 9.07. The molecule has 10 heteroatoms. The smallest absolute Gasteiger partial charge is 0.289 e. The van der Waals surface area contributed by atoms with E-state index >= 15 is 0 Å². The highest BCUT2D eigenvalue weighted by atomic mass is 16.6. The number of furan rings is 1. The molecule has 0 aliphatic carbocycles. The minimum Gasteiger partial charge on any atom is -0.493 e. The van der Waals surface area contributed by atoms with E-state index in [4.69, 9.17) is 13.9 Å². The largest absolute Gasteiger partial charge is 0.493 e. The molecule has 1 fully saturated rings. The van der Waals surface area contributed by atoms with Gasteiger partial charge in [0.2, 0.25) is 0 Å². The summed E-state index contributed by atoms with van der Waals surface area (Å²) in [6.45, 7) is 3.17. The lowest BCUT2D eigenvalue weighted by atomic mass is 10.1. The lowest BCUT2D eigenvalue weighted by molar-refractivity contribution is -0.385. The minimum absolute atomic E-state index is 0.0786. The molecule has 1 aromatic heterocycles. The predicted molar refractivity (Wildman–Crippen MR) is 101 cm³/mol. The van der Waals surface area contributed by atoms with Gasteiger partial charge in [-0.2, -0.15) is 0 Å². The quantitative estimate of drug-likeness (QED) is 0.536. The zero-order valence-electron chi connectivity index (χ0n) is 16.1. The number of methoxy groups -OCH3 is 1. The molecule has 1 aliphatic rings. The van der Waals surface area contributed by atoms with Crippen LogP contribution in [0.3, 0.4) is 0 Å². The van der Waals surface area contributed by atoms with Gasteiger partial charge in [0, 0.05) is 32.2 Å². The molecule has 0 atom stereocenters. The normalized spacial score (nSPS) is 13.9. The van der Waals surface area contributed by atoms with E-state index < -0.39 is 10.8 Å². The molecule has 154 valence electrons. The van der Waals surface area contributed by atoms with E-state index in [1.807, 2.05) is 0 Å². The summed E-state index contributed by atoms with van der Waals surface area (Å²) in [5, 5.41) is 11.5. The van der Waals surface area contributed by atoms with Gasteiger partial charge in [-0.15, -0.1) is 0 Å². The van der Waals surface area contributed by atoms with Crippen LogP contribution in [0.1, 0.15) is 27.8 Å². The summed E-state index contributed by atoms with van der Waals surface area (Å²) in [6, 6.07) is 5.74. The average molecular weight is 403 g/mol. The van der Waals surface area contributed by atoms with Gasteiger partial charge < -0.3 is 23.7 Å². The molecular formula is C19H21N3O7. The Hall–Kier alpha value is -3.56. The summed E-state index contributed by atoms with van der Waals surface area (Å²) < 4.78 is 15.7. The van der Waals surface area contributed by atoms with E-state index in [-0.39, 0.29) is 47.5 Å². The number of nitro benzene ring substituents is 1. The highest BCUT2D eigenvalue weighted by Gasteiger charge is 2.31. The lowest BCUT2D eigenvalue weighted by Crippen LogP contribution is -2.50. The standard InChI is InChI=1S/C19H21N3O7/c1-3-28-17-11-13(14(22(25)26)12-16(17)27-2)18(23)20-6-8-21(9-7-20)19(24)15-5-4-10-29-15/h4-5,10-12H,3,6-9H2,1-2H3. The molecule has 29 heavy (non-hydrogen) atoms. The maximum absolute atomic E-state index is 13.0. The van der Waals surface area contributed by atoms with Crippen molar-refractivity contribution in [2.75, 3.05) is 39.9 Å². The molecule has 2 aromatic rings. The van der Waals surface area contributed by atoms with Crippen molar-refractivity contribution >= 4 is 17.5 Å². The van der Waals surface area contributed by atoms with Gasteiger partial charge in [0.15, 0.2) is 17.3 Å². The van der Waals surface area contributed by atoms with Gasteiger partial charge in [0.1, 0.15) is 5.56 Å². The van der Waals surface area contributed by atoms with Gasteiger partial charge in [-0.25, -0.2) is 0 Å². The van der Waals surface area contributed by atoms with Crippen molar-refractivity contribution in [1.82, 2.24) is 9.80 Å². The van der Waals surface area contributed by atoms with Crippen LogP contribution in [0, 0.1) is 10.1 Å². The summed E-state index contributed by atoms with van der Waals surface area (Å²) in [5.41, 5.74) is -0.436. The number of benzene rings is 1. The summed E-state index contributed by atoms with van der Waals surface area (Å²) in [6.07, 6.45) is 1.42. The first-order valence-corrected chi connectivity index (χ1v) is 9.07. The first kappa shape index (κ1) is 20.2. The number of amides is 2. The van der Waals surface area contributed by atoms with Crippen LogP contribution in [0.5, 0.6) is 11.5 Å². The summed E-state index contributed by atoms with van der Waals surface area (Å²) >= 11 is 0. The number of nitro groups is 1. The van der Waals surface area contributed by atoms with Gasteiger partial charge in [0.25, 0.3) is 17.5 Å². The van der Waals surface area contributed by atoms with Crippen molar-refractivity contribution < 1.29 is 28.4 Å². The molecule has 0 unspecified atom stereocenters. The van der Waals surface area contributed by atoms with Gasteiger partial charge in [-0.1, -0.05) is 0 Å². The Bertz CT molecular complexity index is 903. The van der Waals surface area contributed by atoms with Crippen molar-refractivity contribution in [3.05, 3.63) is 52.0 Å². The Balaban J connectivity index is 1.79. The van der Waals surface area contributed by atoms with Crippen LogP contribution in [0.2, 0.25) is 0 Å². The van der Waals surface area contributed by atoms with E-state index in [2.05, 4.69) is 0 Å². The Morgan fingerprint density at radius 2 is 1.79 bits per heavy atom. The number of piperazine rings is 1. The average Bonchev–Trinajstić information content (AvgIpc) is 3.27. The Morgan fingerprint density at radius 1 is 1.14 bits per heavy atom. The molecule has 1 aromatic carbocycles. The van der Waals surface area contributed by atoms with Crippen molar-refractivity contribution in [3.8, 4) is 11.5 Å². The van der Waals surface area contributed by atoms with E-state index in [0.29, 0.717) is 19.7 Å². The maximum atomic E-state index is 13.0. The summed E-state index contributed by atoms with van der Waals surface area (Å²) in [4.78, 5) is 39.3. The number of rotatable bonds is 6. The minimum atomic E-state index is -0.623. The Kier molecular flexibility index (Phi) is 6.01. The van der Waals surface area contributed by atoms with Crippen LogP contribution in [0.25, 0.3) is 0 Å². The maximum Gasteiger partial charge on any atom is 0.289 e. The monoisotopic (exact) mass is 403 g/mol. The molecule has 10 nitrogen and oxygen atoms in total. The highest BCUT2D eigenvalue weighted by Crippen LogP contribution is 2.35. The fourth-order valence-electron chi connectivity index (χ4n) is 3.14. The van der Waals surface area contributed by atoms with E-state index in [0.717, 1.165) is 0 Å². The van der Waals surface area contributed by atoms with Crippen molar-refractivity contribution in [2.24, 2.45) is 0 Å². The summed E-state index contributed by atoms with van der Waals surface area (Å²) in [7, 11) is 1.37. The van der Waals surface area contributed by atoms with Crippen LogP contribution in [0.4, 0.5) is 5.69 Å². The molecular weight excluding hydrogens is 382 g/mol. The van der Waals surface area contributed by atoms with Gasteiger partial charge in [0.05, 0.1) is 31.0 Å². The second-order valence-corrected chi connectivity index (χ2v) is 6.27. The molecule has 0 spiro atoms. The molecule has 1 aliphatic heterocycles. The zero-order chi connectivity index (χ0) is 21.0. The van der Waals surface area contributed by atoms with Crippen molar-refractivity contribution in [1.29, 1.82) is 0 Å². The van der Waals surface area contributed by atoms with Crippen LogP contribution < -0.4 is 9.47 Å². The van der Waals surface area contributed by atoms with Crippen molar-refractivity contribution in [3.63, 3.8) is 0 Å². The number of hydrogen-bond acceptors (Lipinski definition) is 7. The fraction of sp³-hybridized carbons (Fsp3) is 0.368. The van der Waals surface area contributed by atoms with Crippen molar-refractivity contribution in [2.45, 2.75) is 6.92 Å². The van der Waals surface area contributed by atoms with Gasteiger partial charge in [-0.3, -0.25) is 19.7 Å². The SMILES string of the molecule is CCOc1cc(C(=O)N2CCN(C(=O)c3ccco3)CC2)c([N+](=O)[O-])cc1OC. The number of ether oxygens (including phenoxy) is 2. The Morgan fingerprint density at radius 3 is 2.31 bits per heavy atom. The predicted octanol–water partition coefficient (Wildman–Crippen LogP) is 2.19. The second kappa shape index (κ2) is 8.63. The number of carbonyl (C=O) groups is 2. The molecule has 0 radical (unpaired) electrons. The van der Waals surface area contributed by atoms with Crippen LogP contribution in [-0.2, 0) is 0 Å². The molecule has 0 saturated carbocycles.